The molecule has 0 N–H and O–H groups in total. The molecule has 1 aromatic heterocycles. The van der Waals surface area contributed by atoms with E-state index in [0.717, 1.165) is 31.6 Å². The minimum absolute atomic E-state index is 0.0856. The van der Waals surface area contributed by atoms with Gasteiger partial charge in [0.1, 0.15) is 6.10 Å². The highest BCUT2D eigenvalue weighted by atomic mass is 16.5. The molecule has 1 spiro atoms. The monoisotopic (exact) mass is 248 g/mol. The Morgan fingerprint density at radius 3 is 2.28 bits per heavy atom. The highest BCUT2D eigenvalue weighted by Crippen LogP contribution is 2.48. The van der Waals surface area contributed by atoms with Crippen LogP contribution in [-0.4, -0.2) is 29.3 Å². The predicted molar refractivity (Wildman–Crippen MR) is 67.6 cm³/mol. The number of hydrogen-bond acceptors (Lipinski definition) is 4. The van der Waals surface area contributed by atoms with Gasteiger partial charge in [-0.15, -0.1) is 0 Å². The van der Waals surface area contributed by atoms with Gasteiger partial charge in [-0.3, -0.25) is 0 Å². The van der Waals surface area contributed by atoms with E-state index in [1.54, 1.807) is 0 Å². The lowest BCUT2D eigenvalue weighted by Crippen LogP contribution is -2.56. The number of nitrogens with zero attached hydrogens (tertiary/aromatic N) is 2. The topological polar surface area (TPSA) is 44.2 Å². The fourth-order valence-electron chi connectivity index (χ4n) is 2.53. The van der Waals surface area contributed by atoms with Crippen LogP contribution in [0.5, 0.6) is 6.01 Å². The zero-order valence-electron chi connectivity index (χ0n) is 11.3. The summed E-state index contributed by atoms with van der Waals surface area (Å²) in [6.45, 7) is 8.25. The molecule has 2 heterocycles. The van der Waals surface area contributed by atoms with Crippen LogP contribution in [0.3, 0.4) is 0 Å². The number of hydrogen-bond donors (Lipinski definition) is 0. The SMILES string of the molecule is CC(C)(C)c1cnc(OC2CC3(COC3)C2)nc1. The number of aromatic nitrogens is 2. The molecule has 0 amide bonds. The molecule has 0 atom stereocenters. The molecule has 1 saturated heterocycles. The van der Waals surface area contributed by atoms with Crippen molar-refractivity contribution in [2.24, 2.45) is 5.41 Å². The van der Waals surface area contributed by atoms with Gasteiger partial charge >= 0.3 is 6.01 Å². The van der Waals surface area contributed by atoms with E-state index in [0.29, 0.717) is 11.4 Å². The standard InChI is InChI=1S/C14H20N2O2/c1-13(2,3)10-6-15-12(16-7-10)18-11-4-14(5-11)8-17-9-14/h6-7,11H,4-5,8-9H2,1-3H3. The molecule has 98 valence electrons. The maximum atomic E-state index is 5.77. The molecule has 0 radical (unpaired) electrons. The maximum absolute atomic E-state index is 5.77. The average Bonchev–Trinajstić information content (AvgIpc) is 2.19. The molecule has 2 aliphatic rings. The van der Waals surface area contributed by atoms with Gasteiger partial charge in [0.25, 0.3) is 0 Å². The summed E-state index contributed by atoms with van der Waals surface area (Å²) < 4.78 is 11.0. The first kappa shape index (κ1) is 11.9. The smallest absolute Gasteiger partial charge is 0.316 e. The minimum Gasteiger partial charge on any atom is -0.460 e. The molecule has 1 aliphatic heterocycles. The second kappa shape index (κ2) is 3.92. The van der Waals surface area contributed by atoms with Crippen LogP contribution in [0.2, 0.25) is 0 Å². The summed E-state index contributed by atoms with van der Waals surface area (Å²) >= 11 is 0. The van der Waals surface area contributed by atoms with Gasteiger partial charge < -0.3 is 9.47 Å². The van der Waals surface area contributed by atoms with Crippen molar-refractivity contribution in [1.29, 1.82) is 0 Å². The Labute approximate surface area is 108 Å². The summed E-state index contributed by atoms with van der Waals surface area (Å²) in [4.78, 5) is 8.59. The first-order valence-electron chi connectivity index (χ1n) is 6.54. The van der Waals surface area contributed by atoms with E-state index in [9.17, 15) is 0 Å². The first-order valence-corrected chi connectivity index (χ1v) is 6.54. The molecule has 0 aromatic carbocycles. The molecule has 0 bridgehead atoms. The fraction of sp³-hybridized carbons (Fsp3) is 0.714. The van der Waals surface area contributed by atoms with Gasteiger partial charge in [-0.05, 0) is 23.8 Å². The molecule has 2 fully saturated rings. The molecular weight excluding hydrogens is 228 g/mol. The van der Waals surface area contributed by atoms with Crippen LogP contribution >= 0.6 is 0 Å². The lowest BCUT2D eigenvalue weighted by Gasteiger charge is -2.52. The average molecular weight is 248 g/mol. The van der Waals surface area contributed by atoms with Gasteiger partial charge in [-0.25, -0.2) is 9.97 Å². The maximum Gasteiger partial charge on any atom is 0.316 e. The van der Waals surface area contributed by atoms with Crippen molar-refractivity contribution < 1.29 is 9.47 Å². The molecule has 0 unspecified atom stereocenters. The first-order chi connectivity index (χ1) is 8.47. The van der Waals surface area contributed by atoms with E-state index < -0.39 is 0 Å². The summed E-state index contributed by atoms with van der Waals surface area (Å²) in [6.07, 6.45) is 6.16. The van der Waals surface area contributed by atoms with Gasteiger partial charge in [0, 0.05) is 17.8 Å². The molecule has 1 saturated carbocycles. The predicted octanol–water partition coefficient (Wildman–Crippen LogP) is 2.33. The lowest BCUT2D eigenvalue weighted by molar-refractivity contribution is -0.192. The van der Waals surface area contributed by atoms with Crippen molar-refractivity contribution in [2.45, 2.75) is 45.1 Å². The quantitative estimate of drug-likeness (QED) is 0.805. The highest BCUT2D eigenvalue weighted by molar-refractivity contribution is 5.17. The molecule has 18 heavy (non-hydrogen) atoms. The van der Waals surface area contributed by atoms with Crippen molar-refractivity contribution in [2.75, 3.05) is 13.2 Å². The number of rotatable bonds is 2. The van der Waals surface area contributed by atoms with E-state index in [2.05, 4.69) is 30.7 Å². The Morgan fingerprint density at radius 2 is 1.83 bits per heavy atom. The van der Waals surface area contributed by atoms with Crippen molar-refractivity contribution in [1.82, 2.24) is 9.97 Å². The zero-order valence-corrected chi connectivity index (χ0v) is 11.3. The van der Waals surface area contributed by atoms with Crippen LogP contribution in [-0.2, 0) is 10.2 Å². The van der Waals surface area contributed by atoms with Crippen molar-refractivity contribution in [3.63, 3.8) is 0 Å². The van der Waals surface area contributed by atoms with Crippen LogP contribution in [0.1, 0.15) is 39.2 Å². The Bertz CT molecular complexity index is 424. The van der Waals surface area contributed by atoms with Crippen LogP contribution < -0.4 is 4.74 Å². The van der Waals surface area contributed by atoms with Crippen LogP contribution in [0.4, 0.5) is 0 Å². The van der Waals surface area contributed by atoms with E-state index in [1.165, 1.54) is 0 Å². The third-order valence-electron chi connectivity index (χ3n) is 3.90. The normalized spacial score (nSPS) is 22.4. The second-order valence-electron chi connectivity index (χ2n) is 6.65. The molecular formula is C14H20N2O2. The third-order valence-corrected chi connectivity index (χ3v) is 3.90. The Kier molecular flexibility index (Phi) is 2.59. The van der Waals surface area contributed by atoms with Gasteiger partial charge in [0.2, 0.25) is 0 Å². The molecule has 1 aliphatic carbocycles. The van der Waals surface area contributed by atoms with Gasteiger partial charge in [-0.1, -0.05) is 20.8 Å². The minimum atomic E-state index is 0.0856. The summed E-state index contributed by atoms with van der Waals surface area (Å²) in [5.41, 5.74) is 1.64. The lowest BCUT2D eigenvalue weighted by atomic mass is 9.65. The van der Waals surface area contributed by atoms with Gasteiger partial charge in [0.05, 0.1) is 13.2 Å². The zero-order chi connectivity index (χ0) is 12.8. The summed E-state index contributed by atoms with van der Waals surface area (Å²) in [7, 11) is 0. The van der Waals surface area contributed by atoms with Crippen LogP contribution in [0.25, 0.3) is 0 Å². The van der Waals surface area contributed by atoms with Crippen molar-refractivity contribution in [3.05, 3.63) is 18.0 Å². The van der Waals surface area contributed by atoms with Gasteiger partial charge in [0.15, 0.2) is 0 Å². The Morgan fingerprint density at radius 1 is 1.22 bits per heavy atom. The van der Waals surface area contributed by atoms with E-state index in [4.69, 9.17) is 9.47 Å². The Hall–Kier alpha value is -1.16. The summed E-state index contributed by atoms with van der Waals surface area (Å²) in [5, 5.41) is 0. The van der Waals surface area contributed by atoms with Gasteiger partial charge in [-0.2, -0.15) is 0 Å². The molecule has 1 aromatic rings. The van der Waals surface area contributed by atoms with Crippen LogP contribution in [0.15, 0.2) is 12.4 Å². The summed E-state index contributed by atoms with van der Waals surface area (Å²) in [6, 6.07) is 0.503. The number of ether oxygens (including phenoxy) is 2. The molecule has 4 heteroatoms. The van der Waals surface area contributed by atoms with Crippen molar-refractivity contribution >= 4 is 0 Å². The van der Waals surface area contributed by atoms with Crippen LogP contribution in [0, 0.1) is 5.41 Å². The highest BCUT2D eigenvalue weighted by Gasteiger charge is 2.51. The largest absolute Gasteiger partial charge is 0.460 e. The third kappa shape index (κ3) is 2.09. The Balaban J connectivity index is 1.57. The van der Waals surface area contributed by atoms with Crippen molar-refractivity contribution in [3.8, 4) is 6.01 Å². The molecule has 3 rings (SSSR count). The van der Waals surface area contributed by atoms with E-state index in [-0.39, 0.29) is 11.5 Å². The second-order valence-corrected chi connectivity index (χ2v) is 6.65. The fourth-order valence-corrected chi connectivity index (χ4v) is 2.53. The van der Waals surface area contributed by atoms with E-state index >= 15 is 0 Å². The molecule has 4 nitrogen and oxygen atoms in total. The summed E-state index contributed by atoms with van der Waals surface area (Å²) in [5.74, 6) is 0. The van der Waals surface area contributed by atoms with E-state index in [1.807, 2.05) is 12.4 Å².